The molecule has 1 heterocycles. The second-order valence-electron chi connectivity index (χ2n) is 9.44. The zero-order valence-corrected chi connectivity index (χ0v) is 19.6. The summed E-state index contributed by atoms with van der Waals surface area (Å²) < 4.78 is 18.6. The van der Waals surface area contributed by atoms with E-state index in [1.54, 1.807) is 0 Å². The van der Waals surface area contributed by atoms with Gasteiger partial charge in [-0.15, -0.1) is 0 Å². The van der Waals surface area contributed by atoms with E-state index in [4.69, 9.17) is 37.2 Å². The minimum atomic E-state index is 0.294. The molecule has 0 radical (unpaired) electrons. The van der Waals surface area contributed by atoms with Crippen molar-refractivity contribution in [3.05, 3.63) is 39.6 Å². The predicted molar refractivity (Wildman–Crippen MR) is 123 cm³/mol. The van der Waals surface area contributed by atoms with Crippen LogP contribution in [0.3, 0.4) is 0 Å². The number of benzene rings is 1. The van der Waals surface area contributed by atoms with Crippen molar-refractivity contribution in [2.45, 2.75) is 83.0 Å². The molecule has 2 unspecified atom stereocenters. The van der Waals surface area contributed by atoms with Gasteiger partial charge in [0.25, 0.3) is 0 Å². The van der Waals surface area contributed by atoms with Crippen molar-refractivity contribution in [2.24, 2.45) is 11.8 Å². The molecular formula is C25H31Cl2NO3. The Hall–Kier alpha value is -1.07. The minimum Gasteiger partial charge on any atom is -0.378 e. The van der Waals surface area contributed by atoms with Crippen LogP contribution in [0.15, 0.2) is 22.7 Å². The molecule has 0 N–H and O–H groups in total. The molecule has 4 nitrogen and oxygen atoms in total. The maximum absolute atomic E-state index is 6.61. The summed E-state index contributed by atoms with van der Waals surface area (Å²) in [6, 6.07) is 5.54. The van der Waals surface area contributed by atoms with E-state index in [2.05, 4.69) is 12.1 Å². The fourth-order valence-corrected chi connectivity index (χ4v) is 6.02. The van der Waals surface area contributed by atoms with Gasteiger partial charge in [-0.05, 0) is 68.9 Å². The second-order valence-corrected chi connectivity index (χ2v) is 10.3. The fraction of sp³-hybridized carbons (Fsp3) is 0.640. The first-order chi connectivity index (χ1) is 15.2. The zero-order chi connectivity index (χ0) is 21.4. The number of hydrogen-bond acceptors (Lipinski definition) is 4. The van der Waals surface area contributed by atoms with Gasteiger partial charge in [0.15, 0.2) is 0 Å². The number of hydrogen-bond donors (Lipinski definition) is 0. The van der Waals surface area contributed by atoms with Gasteiger partial charge in [-0.3, -0.25) is 0 Å². The number of rotatable bonds is 9. The van der Waals surface area contributed by atoms with Crippen LogP contribution in [0, 0.1) is 11.8 Å². The summed E-state index contributed by atoms with van der Waals surface area (Å²) in [7, 11) is 0. The molecule has 168 valence electrons. The Morgan fingerprint density at radius 3 is 2.39 bits per heavy atom. The Morgan fingerprint density at radius 1 is 1.03 bits per heavy atom. The van der Waals surface area contributed by atoms with Crippen LogP contribution < -0.4 is 0 Å². The van der Waals surface area contributed by atoms with Crippen LogP contribution in [0.1, 0.15) is 75.5 Å². The largest absolute Gasteiger partial charge is 0.378 e. The number of fused-ring (bicyclic) bond motifs is 2. The molecule has 0 saturated heterocycles. The van der Waals surface area contributed by atoms with Gasteiger partial charge in [0, 0.05) is 23.7 Å². The first kappa shape index (κ1) is 21.8. The summed E-state index contributed by atoms with van der Waals surface area (Å²) in [5.74, 6) is 2.57. The maximum atomic E-state index is 6.61. The van der Waals surface area contributed by atoms with Crippen LogP contribution in [0.4, 0.5) is 0 Å². The molecular weight excluding hydrogens is 433 g/mol. The second kappa shape index (κ2) is 9.43. The molecule has 31 heavy (non-hydrogen) atoms. The summed E-state index contributed by atoms with van der Waals surface area (Å²) in [5.41, 5.74) is 2.51. The van der Waals surface area contributed by atoms with E-state index < -0.39 is 0 Å². The standard InChI is InChI=1S/C25H31Cl2NO3/c1-2-3-11-29-18-12-16-9-10-17(13-18)24(16)30-14-19-23(28-31-25(19)15-7-8-15)22-20(26)5-4-6-21(22)27/h4-6,15-18,24H,2-3,7-14H2,1H3/t16-,17+,18?,24?. The highest BCUT2D eigenvalue weighted by Gasteiger charge is 2.44. The number of ether oxygens (including phenoxy) is 2. The van der Waals surface area contributed by atoms with E-state index in [0.29, 0.717) is 46.6 Å². The maximum Gasteiger partial charge on any atom is 0.145 e. The Balaban J connectivity index is 1.32. The Labute approximate surface area is 194 Å². The van der Waals surface area contributed by atoms with Crippen molar-refractivity contribution < 1.29 is 14.0 Å². The quantitative estimate of drug-likeness (QED) is 0.362. The highest BCUT2D eigenvalue weighted by atomic mass is 35.5. The third kappa shape index (κ3) is 4.55. The van der Waals surface area contributed by atoms with Crippen molar-refractivity contribution in [3.8, 4) is 11.3 Å². The van der Waals surface area contributed by atoms with Gasteiger partial charge in [0.05, 0.1) is 28.9 Å². The van der Waals surface area contributed by atoms with Gasteiger partial charge < -0.3 is 14.0 Å². The summed E-state index contributed by atoms with van der Waals surface area (Å²) in [4.78, 5) is 0. The highest BCUT2D eigenvalue weighted by Crippen LogP contribution is 2.48. The SMILES string of the molecule is CCCCOC1C[C@H]2CC[C@@H](C1)C2OCc1c(-c2c(Cl)cccc2Cl)noc1C1CC1. The van der Waals surface area contributed by atoms with Crippen LogP contribution >= 0.6 is 23.2 Å². The van der Waals surface area contributed by atoms with E-state index >= 15 is 0 Å². The Morgan fingerprint density at radius 2 is 1.74 bits per heavy atom. The summed E-state index contributed by atoms with van der Waals surface area (Å²) in [6.45, 7) is 3.60. The van der Waals surface area contributed by atoms with Gasteiger partial charge in [0.2, 0.25) is 0 Å². The van der Waals surface area contributed by atoms with Crippen LogP contribution in [-0.2, 0) is 16.1 Å². The van der Waals surface area contributed by atoms with E-state index in [1.807, 2.05) is 18.2 Å². The number of aromatic nitrogens is 1. The Bertz CT molecular complexity index is 876. The summed E-state index contributed by atoms with van der Waals surface area (Å²) in [5, 5.41) is 5.58. The molecule has 3 aliphatic rings. The van der Waals surface area contributed by atoms with Crippen LogP contribution in [-0.4, -0.2) is 24.0 Å². The van der Waals surface area contributed by atoms with Crippen LogP contribution in [0.5, 0.6) is 0 Å². The van der Waals surface area contributed by atoms with Crippen molar-refractivity contribution in [1.29, 1.82) is 0 Å². The molecule has 2 aromatic rings. The predicted octanol–water partition coefficient (Wildman–Crippen LogP) is 7.42. The van der Waals surface area contributed by atoms with Crippen molar-refractivity contribution >= 4 is 23.2 Å². The van der Waals surface area contributed by atoms with Gasteiger partial charge in [-0.2, -0.15) is 0 Å². The lowest BCUT2D eigenvalue weighted by Gasteiger charge is -2.35. The molecule has 1 aromatic carbocycles. The average molecular weight is 464 g/mol. The normalized spacial score (nSPS) is 27.7. The fourth-order valence-electron chi connectivity index (χ4n) is 5.45. The van der Waals surface area contributed by atoms with Gasteiger partial charge in [-0.25, -0.2) is 0 Å². The van der Waals surface area contributed by atoms with Crippen molar-refractivity contribution in [2.75, 3.05) is 6.61 Å². The zero-order valence-electron chi connectivity index (χ0n) is 18.1. The molecule has 0 aliphatic heterocycles. The third-order valence-electron chi connectivity index (χ3n) is 7.21. The summed E-state index contributed by atoms with van der Waals surface area (Å²) >= 11 is 13.0. The molecule has 3 fully saturated rings. The first-order valence-corrected chi connectivity index (χ1v) is 12.6. The topological polar surface area (TPSA) is 44.5 Å². The lowest BCUT2D eigenvalue weighted by molar-refractivity contribution is -0.0781. The minimum absolute atomic E-state index is 0.294. The van der Waals surface area contributed by atoms with Gasteiger partial charge in [0.1, 0.15) is 11.5 Å². The van der Waals surface area contributed by atoms with E-state index in [9.17, 15) is 0 Å². The third-order valence-corrected chi connectivity index (χ3v) is 7.84. The average Bonchev–Trinajstić information content (AvgIpc) is 3.47. The van der Waals surface area contributed by atoms with Crippen molar-refractivity contribution in [1.82, 2.24) is 5.16 Å². The molecule has 3 saturated carbocycles. The van der Waals surface area contributed by atoms with Gasteiger partial charge >= 0.3 is 0 Å². The number of unbranched alkanes of at least 4 members (excludes halogenated alkanes) is 1. The molecule has 4 atom stereocenters. The molecule has 6 heteroatoms. The molecule has 0 amide bonds. The summed E-state index contributed by atoms with van der Waals surface area (Å²) in [6.07, 6.45) is 10.0. The highest BCUT2D eigenvalue weighted by molar-refractivity contribution is 6.39. The molecule has 2 bridgehead atoms. The van der Waals surface area contributed by atoms with Crippen LogP contribution in [0.2, 0.25) is 10.0 Å². The number of nitrogens with zero attached hydrogens (tertiary/aromatic N) is 1. The lowest BCUT2D eigenvalue weighted by atomic mass is 9.84. The van der Waals surface area contributed by atoms with Crippen molar-refractivity contribution in [3.63, 3.8) is 0 Å². The molecule has 0 spiro atoms. The van der Waals surface area contributed by atoms with Crippen LogP contribution in [0.25, 0.3) is 11.3 Å². The number of halogens is 2. The molecule has 3 aliphatic carbocycles. The van der Waals surface area contributed by atoms with E-state index in [-0.39, 0.29) is 0 Å². The Kier molecular flexibility index (Phi) is 6.62. The molecule has 5 rings (SSSR count). The monoisotopic (exact) mass is 463 g/mol. The smallest absolute Gasteiger partial charge is 0.145 e. The lowest BCUT2D eigenvalue weighted by Crippen LogP contribution is -2.36. The van der Waals surface area contributed by atoms with E-state index in [0.717, 1.165) is 61.3 Å². The van der Waals surface area contributed by atoms with Gasteiger partial charge in [-0.1, -0.05) is 47.8 Å². The molecule has 1 aromatic heterocycles. The van der Waals surface area contributed by atoms with E-state index in [1.165, 1.54) is 19.3 Å². The first-order valence-electron chi connectivity index (χ1n) is 11.8.